The quantitative estimate of drug-likeness (QED) is 0.821. The average molecular weight is 351 g/mol. The van der Waals surface area contributed by atoms with E-state index in [1.54, 1.807) is 0 Å². The van der Waals surface area contributed by atoms with Crippen LogP contribution in [0.5, 0.6) is 0 Å². The van der Waals surface area contributed by atoms with Crippen LogP contribution in [-0.2, 0) is 11.2 Å². The van der Waals surface area contributed by atoms with Crippen LogP contribution in [0.3, 0.4) is 0 Å². The molecule has 4 heteroatoms. The van der Waals surface area contributed by atoms with Crippen molar-refractivity contribution < 1.29 is 4.79 Å². The van der Waals surface area contributed by atoms with E-state index in [2.05, 4.69) is 46.9 Å². The van der Waals surface area contributed by atoms with Gasteiger partial charge in [-0.25, -0.2) is 0 Å². The summed E-state index contributed by atoms with van der Waals surface area (Å²) < 4.78 is 1.04. The second-order valence-corrected chi connectivity index (χ2v) is 6.39. The molecule has 0 fully saturated rings. The van der Waals surface area contributed by atoms with Crippen molar-refractivity contribution in [1.29, 1.82) is 0 Å². The highest BCUT2D eigenvalue weighted by Crippen LogP contribution is 2.26. The van der Waals surface area contributed by atoms with Crippen molar-refractivity contribution in [2.75, 3.05) is 13.1 Å². The summed E-state index contributed by atoms with van der Waals surface area (Å²) in [4.78, 5) is 17.9. The Hall–Kier alpha value is -1.29. The van der Waals surface area contributed by atoms with Gasteiger partial charge in [0.05, 0.1) is 6.42 Å². The van der Waals surface area contributed by atoms with Crippen molar-refractivity contribution in [3.63, 3.8) is 0 Å². The molecule has 2 aromatic rings. The molecule has 0 spiro atoms. The Bertz CT molecular complexity index is 627. The topological polar surface area (TPSA) is 36.1 Å². The van der Waals surface area contributed by atoms with E-state index in [9.17, 15) is 4.79 Å². The molecule has 2 rings (SSSR count). The Balaban J connectivity index is 2.27. The van der Waals surface area contributed by atoms with Crippen LogP contribution in [0.25, 0.3) is 10.9 Å². The first-order valence-electron chi connectivity index (χ1n) is 7.61. The van der Waals surface area contributed by atoms with E-state index in [1.165, 1.54) is 0 Å². The first kappa shape index (κ1) is 16.1. The molecule has 114 valence electrons. The monoisotopic (exact) mass is 350 g/mol. The highest BCUT2D eigenvalue weighted by atomic mass is 79.9. The van der Waals surface area contributed by atoms with Gasteiger partial charge in [-0.1, -0.05) is 29.8 Å². The molecule has 0 bridgehead atoms. The van der Waals surface area contributed by atoms with Gasteiger partial charge < -0.3 is 9.88 Å². The lowest BCUT2D eigenvalue weighted by molar-refractivity contribution is -0.130. The molecule has 3 nitrogen and oxygen atoms in total. The van der Waals surface area contributed by atoms with Gasteiger partial charge in [0, 0.05) is 34.2 Å². The van der Waals surface area contributed by atoms with Gasteiger partial charge in [0.15, 0.2) is 0 Å². The number of halogens is 1. The van der Waals surface area contributed by atoms with Crippen LogP contribution >= 0.6 is 15.9 Å². The van der Waals surface area contributed by atoms with Crippen LogP contribution in [0, 0.1) is 6.92 Å². The fraction of sp³-hybridized carbons (Fsp3) is 0.471. The molecule has 0 radical (unpaired) electrons. The summed E-state index contributed by atoms with van der Waals surface area (Å²) in [5.74, 6) is 0.225. The maximum atomic E-state index is 12.6. The minimum atomic E-state index is 0.225. The molecule has 0 aliphatic rings. The summed E-state index contributed by atoms with van der Waals surface area (Å²) in [7, 11) is 0. The smallest absolute Gasteiger partial charge is 0.227 e. The maximum Gasteiger partial charge on any atom is 0.227 e. The van der Waals surface area contributed by atoms with Crippen LogP contribution in [0.4, 0.5) is 0 Å². The second kappa shape index (κ2) is 7.12. The number of nitrogens with one attached hydrogen (secondary N) is 1. The molecule has 0 aliphatic carbocycles. The number of H-pyrrole nitrogens is 1. The van der Waals surface area contributed by atoms with E-state index < -0.39 is 0 Å². The highest BCUT2D eigenvalue weighted by molar-refractivity contribution is 9.10. The van der Waals surface area contributed by atoms with Crippen LogP contribution in [-0.4, -0.2) is 28.9 Å². The van der Waals surface area contributed by atoms with E-state index in [0.717, 1.165) is 52.6 Å². The van der Waals surface area contributed by atoms with Crippen LogP contribution in [0.1, 0.15) is 37.9 Å². The van der Waals surface area contributed by atoms with E-state index in [-0.39, 0.29) is 5.91 Å². The molecule has 0 aliphatic heterocycles. The van der Waals surface area contributed by atoms with Gasteiger partial charge in [-0.2, -0.15) is 0 Å². The lowest BCUT2D eigenvalue weighted by atomic mass is 10.1. The van der Waals surface area contributed by atoms with Gasteiger partial charge in [-0.3, -0.25) is 4.79 Å². The Morgan fingerprint density at radius 2 is 1.90 bits per heavy atom. The lowest BCUT2D eigenvalue weighted by Crippen LogP contribution is -2.33. The van der Waals surface area contributed by atoms with Gasteiger partial charge >= 0.3 is 0 Å². The van der Waals surface area contributed by atoms with Crippen molar-refractivity contribution in [3.05, 3.63) is 33.9 Å². The number of hydrogen-bond donors (Lipinski definition) is 1. The Morgan fingerprint density at radius 3 is 2.52 bits per heavy atom. The maximum absolute atomic E-state index is 12.6. The largest absolute Gasteiger partial charge is 0.358 e. The molecule has 1 aromatic heterocycles. The molecule has 1 N–H and O–H groups in total. The first-order valence-corrected chi connectivity index (χ1v) is 8.40. The summed E-state index contributed by atoms with van der Waals surface area (Å²) in [6.07, 6.45) is 2.48. The normalized spacial score (nSPS) is 11.0. The highest BCUT2D eigenvalue weighted by Gasteiger charge is 2.17. The van der Waals surface area contributed by atoms with E-state index in [0.29, 0.717) is 6.42 Å². The zero-order valence-corrected chi connectivity index (χ0v) is 14.6. The molecule has 1 aromatic carbocycles. The number of rotatable bonds is 6. The molecule has 0 atom stereocenters. The van der Waals surface area contributed by atoms with E-state index in [4.69, 9.17) is 0 Å². The number of aryl methyl sites for hydroxylation is 1. The summed E-state index contributed by atoms with van der Waals surface area (Å²) in [6.45, 7) is 7.96. The Kier molecular flexibility index (Phi) is 5.45. The molecule has 0 unspecified atom stereocenters. The molecule has 1 heterocycles. The fourth-order valence-electron chi connectivity index (χ4n) is 2.75. The van der Waals surface area contributed by atoms with Gasteiger partial charge in [0.1, 0.15) is 0 Å². The molecular formula is C17H23BrN2O. The fourth-order valence-corrected chi connectivity index (χ4v) is 3.11. The number of amides is 1. The minimum Gasteiger partial charge on any atom is -0.358 e. The summed E-state index contributed by atoms with van der Waals surface area (Å²) in [6, 6.07) is 6.16. The molecular weight excluding hydrogens is 328 g/mol. The molecule has 21 heavy (non-hydrogen) atoms. The minimum absolute atomic E-state index is 0.225. The second-order valence-electron chi connectivity index (χ2n) is 5.48. The number of benzene rings is 1. The van der Waals surface area contributed by atoms with Crippen molar-refractivity contribution in [2.45, 2.75) is 40.0 Å². The van der Waals surface area contributed by atoms with Crippen molar-refractivity contribution in [2.24, 2.45) is 0 Å². The van der Waals surface area contributed by atoms with Crippen molar-refractivity contribution in [3.8, 4) is 0 Å². The lowest BCUT2D eigenvalue weighted by Gasteiger charge is -2.21. The standard InChI is InChI=1S/C17H23BrN2O/c1-4-8-20(9-5-2)17(21)11-14-12(3)19-16-7-6-13(18)10-15(14)16/h6-7,10,19H,4-5,8-9,11H2,1-3H3. The van der Waals surface area contributed by atoms with Gasteiger partial charge in [-0.15, -0.1) is 0 Å². The third kappa shape index (κ3) is 3.67. The van der Waals surface area contributed by atoms with Crippen LogP contribution in [0.2, 0.25) is 0 Å². The third-order valence-electron chi connectivity index (χ3n) is 3.75. The van der Waals surface area contributed by atoms with Gasteiger partial charge in [-0.05, 0) is 43.5 Å². The SMILES string of the molecule is CCCN(CCC)C(=O)Cc1c(C)[nH]c2ccc(Br)cc12. The number of carbonyl (C=O) groups excluding carboxylic acids is 1. The van der Waals surface area contributed by atoms with E-state index >= 15 is 0 Å². The number of aromatic amines is 1. The number of aromatic nitrogens is 1. The summed E-state index contributed by atoms with van der Waals surface area (Å²) in [5, 5.41) is 1.14. The van der Waals surface area contributed by atoms with Crippen molar-refractivity contribution in [1.82, 2.24) is 9.88 Å². The zero-order chi connectivity index (χ0) is 15.4. The number of fused-ring (bicyclic) bond motifs is 1. The van der Waals surface area contributed by atoms with Crippen LogP contribution < -0.4 is 0 Å². The number of nitrogens with zero attached hydrogens (tertiary/aromatic N) is 1. The molecule has 1 amide bonds. The number of carbonyl (C=O) groups is 1. The third-order valence-corrected chi connectivity index (χ3v) is 4.24. The predicted octanol–water partition coefficient (Wildman–Crippen LogP) is 4.43. The van der Waals surface area contributed by atoms with Crippen LogP contribution in [0.15, 0.2) is 22.7 Å². The van der Waals surface area contributed by atoms with Gasteiger partial charge in [0.25, 0.3) is 0 Å². The van der Waals surface area contributed by atoms with Gasteiger partial charge in [0.2, 0.25) is 5.91 Å². The molecule has 0 saturated carbocycles. The van der Waals surface area contributed by atoms with E-state index in [1.807, 2.05) is 17.9 Å². The summed E-state index contributed by atoms with van der Waals surface area (Å²) >= 11 is 3.51. The predicted molar refractivity (Wildman–Crippen MR) is 91.6 cm³/mol. The molecule has 0 saturated heterocycles. The summed E-state index contributed by atoms with van der Waals surface area (Å²) in [5.41, 5.74) is 3.30. The first-order chi connectivity index (χ1) is 10.1. The Labute approximate surface area is 134 Å². The Morgan fingerprint density at radius 1 is 1.24 bits per heavy atom. The van der Waals surface area contributed by atoms with Crippen molar-refractivity contribution >= 4 is 32.7 Å². The average Bonchev–Trinajstić information content (AvgIpc) is 2.75. The number of hydrogen-bond acceptors (Lipinski definition) is 1. The zero-order valence-electron chi connectivity index (χ0n) is 13.0.